The molecule has 352 valence electrons. The van der Waals surface area contributed by atoms with Crippen LogP contribution in [0.15, 0.2) is 0 Å². The Morgan fingerprint density at radius 1 is 0.279 bits per heavy atom. The Morgan fingerprint density at radius 2 is 0.377 bits per heavy atom. The van der Waals surface area contributed by atoms with Gasteiger partial charge in [-0.05, 0) is 103 Å². The summed E-state index contributed by atoms with van der Waals surface area (Å²) in [7, 11) is 0. The van der Waals surface area contributed by atoms with Crippen molar-refractivity contribution in [2.75, 3.05) is 0 Å². The zero-order valence-electron chi connectivity index (χ0n) is 41.0. The van der Waals surface area contributed by atoms with E-state index in [4.69, 9.17) is 0 Å². The monoisotopic (exact) mass is 901 g/mol. The van der Waals surface area contributed by atoms with Crippen LogP contribution in [0.25, 0.3) is 0 Å². The molecule has 0 N–H and O–H groups in total. The van der Waals surface area contributed by atoms with E-state index in [9.17, 15) is 58.8 Å². The molecule has 61 heavy (non-hydrogen) atoms. The summed E-state index contributed by atoms with van der Waals surface area (Å²) >= 11 is 0. The van der Waals surface area contributed by atoms with Crippen LogP contribution in [0, 0.1) is 45.3 Å². The third-order valence-corrected chi connectivity index (χ3v) is 14.2. The summed E-state index contributed by atoms with van der Waals surface area (Å²) in [6, 6.07) is 0. The Labute approximate surface area is 384 Å². The van der Waals surface area contributed by atoms with E-state index < -0.39 is 69.2 Å². The van der Waals surface area contributed by atoms with Crippen LogP contribution in [0.5, 0.6) is 0 Å². The fourth-order valence-electron chi connectivity index (χ4n) is 8.41. The number of ketones is 4. The van der Waals surface area contributed by atoms with Crippen LogP contribution in [0.4, 0.5) is 0 Å². The minimum absolute atomic E-state index is 0. The average Bonchev–Trinajstić information content (AvgIpc) is 3.23. The van der Waals surface area contributed by atoms with Gasteiger partial charge in [-0.25, -0.2) is 0 Å². The second kappa shape index (κ2) is 33.8. The molecule has 0 saturated carbocycles. The third kappa shape index (κ3) is 18.5. The zero-order valence-corrected chi connectivity index (χ0v) is 42.6. The van der Waals surface area contributed by atoms with E-state index in [1.165, 1.54) is 0 Å². The molecule has 0 aliphatic rings. The van der Waals surface area contributed by atoms with E-state index in [-0.39, 0.29) is 44.9 Å². The van der Waals surface area contributed by atoms with Crippen LogP contribution in [0.2, 0.25) is 0 Å². The molecule has 0 amide bonds. The van der Waals surface area contributed by atoms with E-state index in [2.05, 4.69) is 0 Å². The van der Waals surface area contributed by atoms with Crippen molar-refractivity contribution in [3.05, 3.63) is 0 Å². The quantitative estimate of drug-likeness (QED) is 0.0633. The molecule has 0 bridgehead atoms. The first-order valence-electron chi connectivity index (χ1n) is 22.9. The first-order chi connectivity index (χ1) is 27.9. The summed E-state index contributed by atoms with van der Waals surface area (Å²) < 4.78 is 0. The Bertz CT molecular complexity index is 1090. The van der Waals surface area contributed by atoms with Crippen LogP contribution in [-0.2, 0) is 60.1 Å². The number of carboxylic acids is 4. The van der Waals surface area contributed by atoms with Crippen LogP contribution in [0.3, 0.4) is 0 Å². The van der Waals surface area contributed by atoms with Gasteiger partial charge >= 0.3 is 21.7 Å². The van der Waals surface area contributed by atoms with E-state index >= 15 is 0 Å². The molecule has 0 radical (unpaired) electrons. The molecule has 0 saturated heterocycles. The molecular formula is C48H84O12Ti. The fraction of sp³-hybridized carbons (Fsp3) is 0.833. The SMILES string of the molecule is CCC(C(=O)[O-])C(=O)C(CC)(CC)CC.CCC(C(=O)[O-])C(=O)C(CC)(CC)CC.CCC(C(=O)[O-])C(=O)C(CC)(CC)CC.CCC(C(=O)[O-])C(=O)C(CC)(CC)CC.[Ti+4]. The molecule has 4 unspecified atom stereocenters. The molecule has 0 heterocycles. The van der Waals surface area contributed by atoms with Crippen LogP contribution < -0.4 is 20.4 Å². The standard InChI is InChI=1S/4C12H22O3.Ti/c4*1-5-9(11(14)15)10(13)12(6-2,7-3)8-4;/h4*9H,5-8H2,1-4H3,(H,14,15);/q;;;;+4/p-4. The van der Waals surface area contributed by atoms with Crippen LogP contribution >= 0.6 is 0 Å². The zero-order chi connectivity index (χ0) is 48.2. The molecule has 0 fully saturated rings. The van der Waals surface area contributed by atoms with Gasteiger partial charge in [0.2, 0.25) is 0 Å². The maximum absolute atomic E-state index is 12.1. The summed E-state index contributed by atoms with van der Waals surface area (Å²) in [6.07, 6.45) is 9.65. The minimum atomic E-state index is -1.23. The van der Waals surface area contributed by atoms with Crippen molar-refractivity contribution < 1.29 is 80.5 Å². The normalized spacial score (nSPS) is 13.4. The predicted octanol–water partition coefficient (Wildman–Crippen LogP) is 6.19. The van der Waals surface area contributed by atoms with E-state index in [1.54, 1.807) is 27.7 Å². The van der Waals surface area contributed by atoms with Crippen molar-refractivity contribution in [2.24, 2.45) is 45.3 Å². The van der Waals surface area contributed by atoms with Crippen molar-refractivity contribution in [3.8, 4) is 0 Å². The smallest absolute Gasteiger partial charge is 0.549 e. The first-order valence-corrected chi connectivity index (χ1v) is 22.9. The molecule has 0 spiro atoms. The van der Waals surface area contributed by atoms with Gasteiger partial charge in [-0.3, -0.25) is 19.2 Å². The largest absolute Gasteiger partial charge is 4.00 e. The molecular weight excluding hydrogens is 816 g/mol. The van der Waals surface area contributed by atoms with Crippen molar-refractivity contribution in [2.45, 2.75) is 214 Å². The molecule has 0 rings (SSSR count). The summed E-state index contributed by atoms with van der Waals surface area (Å²) in [5.74, 6) is -9.32. The topological polar surface area (TPSA) is 229 Å². The van der Waals surface area contributed by atoms with Crippen LogP contribution in [0.1, 0.15) is 214 Å². The van der Waals surface area contributed by atoms with Gasteiger partial charge in [-0.15, -0.1) is 0 Å². The van der Waals surface area contributed by atoms with Crippen LogP contribution in [-0.4, -0.2) is 47.0 Å². The fourth-order valence-corrected chi connectivity index (χ4v) is 8.41. The number of hydrogen-bond donors (Lipinski definition) is 0. The number of hydrogen-bond acceptors (Lipinski definition) is 12. The van der Waals surface area contributed by atoms with Gasteiger partial charge in [0.1, 0.15) is 23.1 Å². The van der Waals surface area contributed by atoms with Gasteiger partial charge in [0.05, 0.1) is 47.5 Å². The van der Waals surface area contributed by atoms with E-state index in [0.29, 0.717) is 103 Å². The molecule has 12 nitrogen and oxygen atoms in total. The van der Waals surface area contributed by atoms with Gasteiger partial charge in [0.25, 0.3) is 0 Å². The molecule has 0 aromatic carbocycles. The first kappa shape index (κ1) is 67.4. The average molecular weight is 901 g/mol. The minimum Gasteiger partial charge on any atom is -0.549 e. The van der Waals surface area contributed by atoms with Crippen molar-refractivity contribution >= 4 is 47.0 Å². The molecule has 0 aromatic rings. The second-order valence-electron chi connectivity index (χ2n) is 15.9. The Morgan fingerprint density at radius 3 is 0.426 bits per heavy atom. The number of carboxylic acid groups (broad SMARTS) is 4. The Kier molecular flexibility index (Phi) is 37.3. The molecule has 0 aliphatic carbocycles. The number of rotatable bonds is 28. The molecule has 0 aliphatic heterocycles. The molecule has 0 aromatic heterocycles. The second-order valence-corrected chi connectivity index (χ2v) is 15.9. The van der Waals surface area contributed by atoms with Gasteiger partial charge in [0, 0.05) is 21.7 Å². The van der Waals surface area contributed by atoms with Gasteiger partial charge < -0.3 is 39.6 Å². The van der Waals surface area contributed by atoms with Gasteiger partial charge in [-0.2, -0.15) is 0 Å². The number of carbonyl (C=O) groups excluding carboxylic acids is 8. The summed E-state index contributed by atoms with van der Waals surface area (Å²) in [5.41, 5.74) is -1.89. The maximum atomic E-state index is 12.1. The Balaban J connectivity index is -0.000000227. The molecule has 4 atom stereocenters. The predicted molar refractivity (Wildman–Crippen MR) is 228 cm³/mol. The Hall–Kier alpha value is -2.73. The van der Waals surface area contributed by atoms with Crippen molar-refractivity contribution in [1.29, 1.82) is 0 Å². The van der Waals surface area contributed by atoms with Crippen molar-refractivity contribution in [1.82, 2.24) is 0 Å². The van der Waals surface area contributed by atoms with E-state index in [0.717, 1.165) is 0 Å². The summed E-state index contributed by atoms with van der Waals surface area (Å²) in [4.78, 5) is 91.8. The summed E-state index contributed by atoms with van der Waals surface area (Å²) in [5, 5.41) is 43.3. The van der Waals surface area contributed by atoms with Crippen molar-refractivity contribution in [3.63, 3.8) is 0 Å². The van der Waals surface area contributed by atoms with Gasteiger partial charge in [0.15, 0.2) is 0 Å². The maximum Gasteiger partial charge on any atom is 4.00 e. The number of Topliss-reactive ketones (excluding diaryl/α,β-unsaturated/α-hetero) is 4. The van der Waals surface area contributed by atoms with E-state index in [1.807, 2.05) is 83.1 Å². The molecule has 13 heteroatoms. The van der Waals surface area contributed by atoms with Gasteiger partial charge in [-0.1, -0.05) is 111 Å². The number of aliphatic carboxylic acids is 4. The third-order valence-electron chi connectivity index (χ3n) is 14.2. The summed E-state index contributed by atoms with van der Waals surface area (Å²) in [6.45, 7) is 30.1. The number of carbonyl (C=O) groups is 8.